The molecule has 0 aromatic heterocycles. The largest absolute Gasteiger partial charge is 0.481 e. The van der Waals surface area contributed by atoms with Crippen LogP contribution < -0.4 is 10.2 Å². The molecule has 2 N–H and O–H groups in total. The summed E-state index contributed by atoms with van der Waals surface area (Å²) in [5.41, 5.74) is 3.77. The molecule has 104 valence electrons. The van der Waals surface area contributed by atoms with Crippen LogP contribution in [0.5, 0.6) is 0 Å². The lowest BCUT2D eigenvalue weighted by Gasteiger charge is -2.39. The Labute approximate surface area is 114 Å². The number of aliphatic carboxylic acids is 1. The summed E-state index contributed by atoms with van der Waals surface area (Å²) in [7, 11) is 0. The third kappa shape index (κ3) is 3.47. The lowest BCUT2D eigenvalue weighted by atomic mass is 10.0. The predicted octanol–water partition coefficient (Wildman–Crippen LogP) is 1.95. The van der Waals surface area contributed by atoms with Crippen LogP contribution in [0.2, 0.25) is 0 Å². The van der Waals surface area contributed by atoms with Crippen molar-refractivity contribution in [3.05, 3.63) is 29.3 Å². The fourth-order valence-electron chi connectivity index (χ4n) is 2.75. The summed E-state index contributed by atoms with van der Waals surface area (Å²) in [5, 5.41) is 12.2. The van der Waals surface area contributed by atoms with Gasteiger partial charge in [-0.2, -0.15) is 0 Å². The van der Waals surface area contributed by atoms with Crippen LogP contribution in [0.4, 0.5) is 5.69 Å². The number of hydrogen-bond donors (Lipinski definition) is 2. The standard InChI is InChI=1S/C15H22N2O2/c1-11-3-5-14(12(2)9-11)17-8-7-16-10-13(17)4-6-15(18)19/h3,5,9,13,16H,4,6-8,10H2,1-2H3,(H,18,19). The first-order chi connectivity index (χ1) is 9.08. The average Bonchev–Trinajstić information content (AvgIpc) is 2.37. The van der Waals surface area contributed by atoms with Crippen molar-refractivity contribution in [1.82, 2.24) is 5.32 Å². The molecular weight excluding hydrogens is 240 g/mol. The zero-order chi connectivity index (χ0) is 13.8. The minimum atomic E-state index is -0.717. The third-order valence-electron chi connectivity index (χ3n) is 3.70. The number of aryl methyl sites for hydroxylation is 2. The molecule has 1 atom stereocenters. The highest BCUT2D eigenvalue weighted by molar-refractivity contribution is 5.67. The van der Waals surface area contributed by atoms with Crippen molar-refractivity contribution >= 4 is 11.7 Å². The Hall–Kier alpha value is -1.55. The number of benzene rings is 1. The highest BCUT2D eigenvalue weighted by Crippen LogP contribution is 2.25. The van der Waals surface area contributed by atoms with Crippen LogP contribution in [0.15, 0.2) is 18.2 Å². The van der Waals surface area contributed by atoms with Gasteiger partial charge in [-0.15, -0.1) is 0 Å². The molecule has 1 fully saturated rings. The summed E-state index contributed by atoms with van der Waals surface area (Å²) in [4.78, 5) is 13.1. The molecule has 1 unspecified atom stereocenters. The number of carboxylic acid groups (broad SMARTS) is 1. The van der Waals surface area contributed by atoms with Gasteiger partial charge in [0.05, 0.1) is 0 Å². The Morgan fingerprint density at radius 3 is 2.95 bits per heavy atom. The second kappa shape index (κ2) is 6.06. The molecule has 1 aromatic rings. The quantitative estimate of drug-likeness (QED) is 0.871. The zero-order valence-corrected chi connectivity index (χ0v) is 11.6. The van der Waals surface area contributed by atoms with Crippen molar-refractivity contribution in [1.29, 1.82) is 0 Å². The lowest BCUT2D eigenvalue weighted by molar-refractivity contribution is -0.137. The Morgan fingerprint density at radius 2 is 2.26 bits per heavy atom. The van der Waals surface area contributed by atoms with Crippen molar-refractivity contribution in [2.75, 3.05) is 24.5 Å². The Kier molecular flexibility index (Phi) is 4.43. The second-order valence-corrected chi connectivity index (χ2v) is 5.27. The number of nitrogens with one attached hydrogen (secondary N) is 1. The van der Waals surface area contributed by atoms with Gasteiger partial charge in [-0.1, -0.05) is 17.7 Å². The van der Waals surface area contributed by atoms with Gasteiger partial charge >= 0.3 is 5.97 Å². The Balaban J connectivity index is 2.16. The number of piperazine rings is 1. The molecule has 0 bridgehead atoms. The van der Waals surface area contributed by atoms with E-state index in [1.807, 2.05) is 0 Å². The monoisotopic (exact) mass is 262 g/mol. The van der Waals surface area contributed by atoms with Crippen LogP contribution in [0.25, 0.3) is 0 Å². The third-order valence-corrected chi connectivity index (χ3v) is 3.70. The molecule has 1 aromatic carbocycles. The average molecular weight is 262 g/mol. The zero-order valence-electron chi connectivity index (χ0n) is 11.6. The van der Waals surface area contributed by atoms with Crippen LogP contribution in [0.3, 0.4) is 0 Å². The van der Waals surface area contributed by atoms with E-state index in [9.17, 15) is 4.79 Å². The number of hydrogen-bond acceptors (Lipinski definition) is 3. The maximum Gasteiger partial charge on any atom is 0.303 e. The molecule has 0 spiro atoms. The van der Waals surface area contributed by atoms with Gasteiger partial charge in [0.2, 0.25) is 0 Å². The van der Waals surface area contributed by atoms with Crippen LogP contribution in [-0.4, -0.2) is 36.8 Å². The van der Waals surface area contributed by atoms with Crippen molar-refractivity contribution in [3.8, 4) is 0 Å². The molecular formula is C15H22N2O2. The van der Waals surface area contributed by atoms with E-state index in [0.29, 0.717) is 6.42 Å². The topological polar surface area (TPSA) is 52.6 Å². The molecule has 2 rings (SSSR count). The Morgan fingerprint density at radius 1 is 1.47 bits per heavy atom. The van der Waals surface area contributed by atoms with Gasteiger partial charge in [0.15, 0.2) is 0 Å². The smallest absolute Gasteiger partial charge is 0.303 e. The number of rotatable bonds is 4. The van der Waals surface area contributed by atoms with E-state index in [-0.39, 0.29) is 12.5 Å². The van der Waals surface area contributed by atoms with E-state index in [2.05, 4.69) is 42.3 Å². The van der Waals surface area contributed by atoms with E-state index < -0.39 is 5.97 Å². The SMILES string of the molecule is Cc1ccc(N2CCNCC2CCC(=O)O)c(C)c1. The second-order valence-electron chi connectivity index (χ2n) is 5.27. The highest BCUT2D eigenvalue weighted by Gasteiger charge is 2.23. The molecule has 1 aliphatic rings. The van der Waals surface area contributed by atoms with Crippen LogP contribution in [0.1, 0.15) is 24.0 Å². The molecule has 1 heterocycles. The summed E-state index contributed by atoms with van der Waals surface area (Å²) >= 11 is 0. The van der Waals surface area contributed by atoms with Crippen LogP contribution in [-0.2, 0) is 4.79 Å². The summed E-state index contributed by atoms with van der Waals surface area (Å²) in [6.45, 7) is 6.97. The molecule has 19 heavy (non-hydrogen) atoms. The van der Waals surface area contributed by atoms with Crippen molar-refractivity contribution in [2.24, 2.45) is 0 Å². The van der Waals surface area contributed by atoms with Gasteiger partial charge in [0.1, 0.15) is 0 Å². The van der Waals surface area contributed by atoms with Crippen LogP contribution in [0, 0.1) is 13.8 Å². The first-order valence-electron chi connectivity index (χ1n) is 6.84. The van der Waals surface area contributed by atoms with Gasteiger partial charge in [-0.3, -0.25) is 4.79 Å². The van der Waals surface area contributed by atoms with Crippen molar-refractivity contribution in [2.45, 2.75) is 32.7 Å². The van der Waals surface area contributed by atoms with Crippen LogP contribution >= 0.6 is 0 Å². The number of carboxylic acids is 1. The number of nitrogens with zero attached hydrogens (tertiary/aromatic N) is 1. The molecule has 0 saturated carbocycles. The maximum atomic E-state index is 10.8. The van der Waals surface area contributed by atoms with E-state index in [4.69, 9.17) is 5.11 Å². The molecule has 1 aliphatic heterocycles. The Bertz CT molecular complexity index is 459. The number of anilines is 1. The van der Waals surface area contributed by atoms with Gasteiger partial charge in [0, 0.05) is 37.8 Å². The molecule has 4 nitrogen and oxygen atoms in total. The first-order valence-corrected chi connectivity index (χ1v) is 6.84. The summed E-state index contributed by atoms with van der Waals surface area (Å²) in [5.74, 6) is -0.717. The lowest BCUT2D eigenvalue weighted by Crippen LogP contribution is -2.51. The van der Waals surface area contributed by atoms with E-state index >= 15 is 0 Å². The normalized spacial score (nSPS) is 19.5. The maximum absolute atomic E-state index is 10.8. The summed E-state index contributed by atoms with van der Waals surface area (Å²) in [6.07, 6.45) is 0.920. The highest BCUT2D eigenvalue weighted by atomic mass is 16.4. The summed E-state index contributed by atoms with van der Waals surface area (Å²) in [6, 6.07) is 6.74. The molecule has 4 heteroatoms. The van der Waals surface area contributed by atoms with E-state index in [1.54, 1.807) is 0 Å². The molecule has 0 amide bonds. The fraction of sp³-hybridized carbons (Fsp3) is 0.533. The fourth-order valence-corrected chi connectivity index (χ4v) is 2.75. The first kappa shape index (κ1) is 13.9. The van der Waals surface area contributed by atoms with Gasteiger partial charge < -0.3 is 15.3 Å². The van der Waals surface area contributed by atoms with Crippen molar-refractivity contribution < 1.29 is 9.90 Å². The van der Waals surface area contributed by atoms with Gasteiger partial charge in [0.25, 0.3) is 0 Å². The predicted molar refractivity (Wildman–Crippen MR) is 76.8 cm³/mol. The number of carbonyl (C=O) groups is 1. The minimum absolute atomic E-state index is 0.230. The van der Waals surface area contributed by atoms with E-state index in [0.717, 1.165) is 19.6 Å². The minimum Gasteiger partial charge on any atom is -0.481 e. The van der Waals surface area contributed by atoms with E-state index in [1.165, 1.54) is 16.8 Å². The van der Waals surface area contributed by atoms with Gasteiger partial charge in [-0.25, -0.2) is 0 Å². The van der Waals surface area contributed by atoms with Crippen molar-refractivity contribution in [3.63, 3.8) is 0 Å². The molecule has 0 aliphatic carbocycles. The summed E-state index contributed by atoms with van der Waals surface area (Å²) < 4.78 is 0. The molecule has 1 saturated heterocycles. The van der Waals surface area contributed by atoms with Gasteiger partial charge in [-0.05, 0) is 31.9 Å². The molecule has 0 radical (unpaired) electrons.